The zero-order valence-electron chi connectivity index (χ0n) is 16.6. The van der Waals surface area contributed by atoms with Crippen LogP contribution in [0.2, 0.25) is 0 Å². The maximum Gasteiger partial charge on any atom is 0.271 e. The zero-order valence-corrected chi connectivity index (χ0v) is 19.0. The fourth-order valence-corrected chi connectivity index (χ4v) is 4.81. The standard InChI is InChI=1S/C20H15BrF4N2O4S/c1-30-12-7-6-11(15(8-12)31-2)10-27(17-5-3-4-16(24)26-17)32(28,29)20-14(23)9-13(22)18(21)19(20)25/h3-9H,10H2,1-2H3. The predicted molar refractivity (Wildman–Crippen MR) is 111 cm³/mol. The first-order chi connectivity index (χ1) is 15.1. The maximum atomic E-state index is 14.7. The fraction of sp³-hybridized carbons (Fsp3) is 0.150. The third-order valence-corrected chi connectivity index (χ3v) is 6.90. The van der Waals surface area contributed by atoms with Crippen LogP contribution < -0.4 is 13.8 Å². The smallest absolute Gasteiger partial charge is 0.271 e. The first kappa shape index (κ1) is 23.8. The number of halogens is 5. The molecule has 0 saturated carbocycles. The number of hydrogen-bond acceptors (Lipinski definition) is 5. The average molecular weight is 535 g/mol. The summed E-state index contributed by atoms with van der Waals surface area (Å²) in [6.07, 6.45) is 0. The molecule has 0 N–H and O–H groups in total. The molecule has 6 nitrogen and oxygen atoms in total. The number of methoxy groups -OCH3 is 2. The van der Waals surface area contributed by atoms with Gasteiger partial charge in [-0.3, -0.25) is 0 Å². The maximum absolute atomic E-state index is 14.7. The van der Waals surface area contributed by atoms with Crippen molar-refractivity contribution in [2.24, 2.45) is 0 Å². The molecular weight excluding hydrogens is 520 g/mol. The number of benzene rings is 2. The lowest BCUT2D eigenvalue weighted by atomic mass is 10.2. The summed E-state index contributed by atoms with van der Waals surface area (Å²) in [6.45, 7) is -0.542. The van der Waals surface area contributed by atoms with E-state index < -0.39 is 55.2 Å². The monoisotopic (exact) mass is 534 g/mol. The van der Waals surface area contributed by atoms with E-state index in [0.29, 0.717) is 10.1 Å². The van der Waals surface area contributed by atoms with Crippen molar-refractivity contribution in [3.8, 4) is 11.5 Å². The Kier molecular flexibility index (Phi) is 6.94. The van der Waals surface area contributed by atoms with E-state index in [2.05, 4.69) is 20.9 Å². The second-order valence-corrected chi connectivity index (χ2v) is 8.90. The number of anilines is 1. The van der Waals surface area contributed by atoms with E-state index in [9.17, 15) is 26.0 Å². The molecule has 0 bridgehead atoms. The van der Waals surface area contributed by atoms with Gasteiger partial charge in [0, 0.05) is 17.7 Å². The second-order valence-electron chi connectivity index (χ2n) is 6.31. The number of rotatable bonds is 7. The molecule has 0 aliphatic rings. The minimum Gasteiger partial charge on any atom is -0.497 e. The third-order valence-electron chi connectivity index (χ3n) is 4.38. The highest BCUT2D eigenvalue weighted by Crippen LogP contribution is 2.34. The van der Waals surface area contributed by atoms with Crippen molar-refractivity contribution in [3.63, 3.8) is 0 Å². The lowest BCUT2D eigenvalue weighted by molar-refractivity contribution is 0.391. The molecule has 0 saturated heterocycles. The van der Waals surface area contributed by atoms with Gasteiger partial charge in [-0.1, -0.05) is 6.07 Å². The first-order valence-corrected chi connectivity index (χ1v) is 11.0. The van der Waals surface area contributed by atoms with Crippen molar-refractivity contribution in [1.29, 1.82) is 0 Å². The molecule has 12 heteroatoms. The van der Waals surface area contributed by atoms with Crippen LogP contribution in [0, 0.1) is 23.4 Å². The molecule has 2 aromatic carbocycles. The van der Waals surface area contributed by atoms with E-state index in [1.54, 1.807) is 0 Å². The highest BCUT2D eigenvalue weighted by Gasteiger charge is 2.35. The number of aromatic nitrogens is 1. The van der Waals surface area contributed by atoms with E-state index in [4.69, 9.17) is 9.47 Å². The van der Waals surface area contributed by atoms with E-state index in [1.807, 2.05) is 0 Å². The van der Waals surface area contributed by atoms with Crippen molar-refractivity contribution in [2.45, 2.75) is 11.4 Å². The second kappa shape index (κ2) is 9.33. The minimum absolute atomic E-state index is 0.196. The van der Waals surface area contributed by atoms with Crippen LogP contribution in [-0.4, -0.2) is 27.6 Å². The largest absolute Gasteiger partial charge is 0.497 e. The summed E-state index contributed by atoms with van der Waals surface area (Å²) in [5.41, 5.74) is 0.255. The van der Waals surface area contributed by atoms with Gasteiger partial charge in [0.25, 0.3) is 10.0 Å². The minimum atomic E-state index is -5.04. The van der Waals surface area contributed by atoms with E-state index in [0.717, 1.165) is 12.1 Å². The van der Waals surface area contributed by atoms with Crippen molar-refractivity contribution in [2.75, 3.05) is 18.5 Å². The summed E-state index contributed by atoms with van der Waals surface area (Å²) in [4.78, 5) is 2.11. The van der Waals surface area contributed by atoms with Crippen LogP contribution in [0.5, 0.6) is 11.5 Å². The normalized spacial score (nSPS) is 11.3. The molecule has 0 amide bonds. The molecule has 170 valence electrons. The molecule has 1 aromatic heterocycles. The Bertz CT molecular complexity index is 1270. The summed E-state index contributed by atoms with van der Waals surface area (Å²) in [6, 6.07) is 7.96. The van der Waals surface area contributed by atoms with Gasteiger partial charge in [0.2, 0.25) is 5.95 Å². The molecular formula is C20H15BrF4N2O4S. The fourth-order valence-electron chi connectivity index (χ4n) is 2.86. The summed E-state index contributed by atoms with van der Waals surface area (Å²) in [5, 5.41) is 0. The Labute approximate surface area is 189 Å². The van der Waals surface area contributed by atoms with Crippen molar-refractivity contribution in [1.82, 2.24) is 4.98 Å². The summed E-state index contributed by atoms with van der Waals surface area (Å²) in [5.74, 6) is -5.54. The Morgan fingerprint density at radius 1 is 1.00 bits per heavy atom. The molecule has 32 heavy (non-hydrogen) atoms. The van der Waals surface area contributed by atoms with Gasteiger partial charge in [-0.15, -0.1) is 0 Å². The van der Waals surface area contributed by atoms with Gasteiger partial charge >= 0.3 is 0 Å². The quantitative estimate of drug-likeness (QED) is 0.188. The van der Waals surface area contributed by atoms with Crippen LogP contribution in [-0.2, 0) is 16.6 Å². The van der Waals surface area contributed by atoms with Crippen LogP contribution in [0.3, 0.4) is 0 Å². The number of pyridine rings is 1. The van der Waals surface area contributed by atoms with Gasteiger partial charge in [-0.05, 0) is 40.2 Å². The van der Waals surface area contributed by atoms with Crippen LogP contribution in [0.25, 0.3) is 0 Å². The average Bonchev–Trinajstić information content (AvgIpc) is 2.75. The lowest BCUT2D eigenvalue weighted by Crippen LogP contribution is -2.33. The number of sulfonamides is 1. The Balaban J connectivity index is 2.22. The molecule has 0 spiro atoms. The first-order valence-electron chi connectivity index (χ1n) is 8.79. The van der Waals surface area contributed by atoms with Gasteiger partial charge in [0.15, 0.2) is 10.7 Å². The molecule has 0 atom stereocenters. The highest BCUT2D eigenvalue weighted by molar-refractivity contribution is 9.10. The Hall–Kier alpha value is -2.86. The predicted octanol–water partition coefficient (Wildman–Crippen LogP) is 4.81. The van der Waals surface area contributed by atoms with Gasteiger partial charge in [0.05, 0.1) is 25.2 Å². The molecule has 3 aromatic rings. The van der Waals surface area contributed by atoms with Crippen molar-refractivity contribution in [3.05, 3.63) is 75.9 Å². The van der Waals surface area contributed by atoms with Gasteiger partial charge in [-0.25, -0.2) is 30.9 Å². The number of ether oxygens (including phenoxy) is 2. The molecule has 3 rings (SSSR count). The Morgan fingerprint density at radius 2 is 1.72 bits per heavy atom. The van der Waals surface area contributed by atoms with E-state index >= 15 is 0 Å². The SMILES string of the molecule is COc1ccc(CN(c2cccc(F)n2)S(=O)(=O)c2c(F)cc(F)c(Br)c2F)c(OC)c1. The Morgan fingerprint density at radius 3 is 2.34 bits per heavy atom. The third kappa shape index (κ3) is 4.51. The molecule has 0 aliphatic carbocycles. The van der Waals surface area contributed by atoms with Crippen LogP contribution >= 0.6 is 15.9 Å². The summed E-state index contributed by atoms with van der Waals surface area (Å²) < 4.78 is 93.3. The summed E-state index contributed by atoms with van der Waals surface area (Å²) in [7, 11) is -2.30. The number of nitrogens with zero attached hydrogens (tertiary/aromatic N) is 2. The van der Waals surface area contributed by atoms with Crippen LogP contribution in [0.1, 0.15) is 5.56 Å². The van der Waals surface area contributed by atoms with Crippen molar-refractivity contribution >= 4 is 31.8 Å². The lowest BCUT2D eigenvalue weighted by Gasteiger charge is -2.25. The van der Waals surface area contributed by atoms with E-state index in [-0.39, 0.29) is 17.4 Å². The summed E-state index contributed by atoms with van der Waals surface area (Å²) >= 11 is 2.57. The van der Waals surface area contributed by atoms with Crippen molar-refractivity contribution < 1.29 is 35.5 Å². The highest BCUT2D eigenvalue weighted by atomic mass is 79.9. The topological polar surface area (TPSA) is 68.7 Å². The molecule has 0 fully saturated rings. The van der Waals surface area contributed by atoms with Gasteiger partial charge in [-0.2, -0.15) is 4.39 Å². The van der Waals surface area contributed by atoms with E-state index in [1.165, 1.54) is 38.5 Å². The molecule has 1 heterocycles. The molecule has 0 radical (unpaired) electrons. The molecule has 0 unspecified atom stereocenters. The number of hydrogen-bond donors (Lipinski definition) is 0. The van der Waals surface area contributed by atoms with Gasteiger partial charge < -0.3 is 9.47 Å². The van der Waals surface area contributed by atoms with Gasteiger partial charge in [0.1, 0.15) is 29.0 Å². The van der Waals surface area contributed by atoms with Crippen LogP contribution in [0.4, 0.5) is 23.4 Å². The van der Waals surface area contributed by atoms with Crippen LogP contribution in [0.15, 0.2) is 51.8 Å². The molecule has 0 aliphatic heterocycles. The zero-order chi connectivity index (χ0) is 23.6.